The van der Waals surface area contributed by atoms with Crippen molar-refractivity contribution in [1.29, 1.82) is 0 Å². The third-order valence-corrected chi connectivity index (χ3v) is 4.81. The monoisotopic (exact) mass is 386 g/mol. The molecule has 27 heavy (non-hydrogen) atoms. The summed E-state index contributed by atoms with van der Waals surface area (Å²) in [6.07, 6.45) is 1.23. The molecule has 1 amide bonds. The van der Waals surface area contributed by atoms with Crippen LogP contribution in [0.4, 0.5) is 5.00 Å². The molecule has 0 radical (unpaired) electrons. The zero-order valence-corrected chi connectivity index (χ0v) is 14.9. The van der Waals surface area contributed by atoms with Crippen molar-refractivity contribution in [1.82, 2.24) is 9.99 Å². The Hall–Kier alpha value is -3.53. The van der Waals surface area contributed by atoms with Crippen molar-refractivity contribution in [2.24, 2.45) is 5.10 Å². The topological polar surface area (TPSA) is 127 Å². The second-order valence-corrected chi connectivity index (χ2v) is 6.52. The highest BCUT2D eigenvalue weighted by Gasteiger charge is 2.21. The standard InChI is InChI=1S/C17H14N4O5S/c1-2-20-12-6-4-3-5-11(12)15(22)14(17(20)24)16(23)19-18-9-10-7-8-13(27-10)21(25)26/h3-9,22H,2H2,1H3,(H,19,23)/b18-9-. The lowest BCUT2D eigenvalue weighted by molar-refractivity contribution is -0.380. The molecule has 0 saturated heterocycles. The number of aryl methyl sites for hydroxylation is 1. The van der Waals surface area contributed by atoms with E-state index in [1.165, 1.54) is 22.9 Å². The van der Waals surface area contributed by atoms with Crippen molar-refractivity contribution in [3.8, 4) is 5.75 Å². The van der Waals surface area contributed by atoms with Gasteiger partial charge in [0.25, 0.3) is 11.5 Å². The third-order valence-electron chi connectivity index (χ3n) is 3.84. The van der Waals surface area contributed by atoms with E-state index in [4.69, 9.17) is 0 Å². The number of thiophene rings is 1. The molecule has 0 spiro atoms. The number of aromatic hydroxyl groups is 1. The van der Waals surface area contributed by atoms with E-state index in [2.05, 4.69) is 10.5 Å². The summed E-state index contributed by atoms with van der Waals surface area (Å²) in [7, 11) is 0. The van der Waals surface area contributed by atoms with Gasteiger partial charge in [0.15, 0.2) is 0 Å². The number of para-hydroxylation sites is 1. The van der Waals surface area contributed by atoms with Crippen molar-refractivity contribution in [3.63, 3.8) is 0 Å². The normalized spacial score (nSPS) is 11.1. The van der Waals surface area contributed by atoms with Gasteiger partial charge in [-0.15, -0.1) is 0 Å². The van der Waals surface area contributed by atoms with Crippen LogP contribution in [0, 0.1) is 10.1 Å². The van der Waals surface area contributed by atoms with Gasteiger partial charge in [-0.25, -0.2) is 5.43 Å². The van der Waals surface area contributed by atoms with Crippen LogP contribution in [0.15, 0.2) is 46.3 Å². The second kappa shape index (κ2) is 7.38. The smallest absolute Gasteiger partial charge is 0.324 e. The molecule has 0 fully saturated rings. The molecule has 1 aromatic carbocycles. The first-order valence-corrected chi connectivity index (χ1v) is 8.67. The molecule has 0 unspecified atom stereocenters. The van der Waals surface area contributed by atoms with Crippen molar-refractivity contribution in [3.05, 3.63) is 67.3 Å². The maximum Gasteiger partial charge on any atom is 0.324 e. The molecule has 3 rings (SSSR count). The number of pyridine rings is 1. The Bertz CT molecular complexity index is 1130. The summed E-state index contributed by atoms with van der Waals surface area (Å²) in [6.45, 7) is 2.08. The fraction of sp³-hybridized carbons (Fsp3) is 0.118. The average molecular weight is 386 g/mol. The molecule has 10 heteroatoms. The van der Waals surface area contributed by atoms with E-state index >= 15 is 0 Å². The Morgan fingerprint density at radius 1 is 1.37 bits per heavy atom. The zero-order chi connectivity index (χ0) is 19.6. The minimum atomic E-state index is -0.868. The van der Waals surface area contributed by atoms with Crippen LogP contribution < -0.4 is 11.0 Å². The summed E-state index contributed by atoms with van der Waals surface area (Å²) >= 11 is 0.888. The lowest BCUT2D eigenvalue weighted by Crippen LogP contribution is -2.31. The molecule has 0 aliphatic rings. The Kier molecular flexibility index (Phi) is 4.99. The van der Waals surface area contributed by atoms with Gasteiger partial charge in [-0.05, 0) is 25.1 Å². The summed E-state index contributed by atoms with van der Waals surface area (Å²) in [5, 5.41) is 25.1. The van der Waals surface area contributed by atoms with Crippen LogP contribution in [-0.2, 0) is 6.54 Å². The van der Waals surface area contributed by atoms with Crippen LogP contribution in [0.5, 0.6) is 5.75 Å². The highest BCUT2D eigenvalue weighted by Crippen LogP contribution is 2.26. The third kappa shape index (κ3) is 3.42. The Morgan fingerprint density at radius 3 is 2.78 bits per heavy atom. The van der Waals surface area contributed by atoms with Crippen LogP contribution in [0.25, 0.3) is 10.9 Å². The number of nitrogens with zero attached hydrogens (tertiary/aromatic N) is 3. The van der Waals surface area contributed by atoms with E-state index in [0.29, 0.717) is 22.3 Å². The number of nitro groups is 1. The van der Waals surface area contributed by atoms with Gasteiger partial charge in [0.05, 0.1) is 21.5 Å². The summed E-state index contributed by atoms with van der Waals surface area (Å²) in [4.78, 5) is 35.6. The molecule has 0 saturated carbocycles. The Balaban J connectivity index is 1.92. The van der Waals surface area contributed by atoms with Crippen molar-refractivity contribution >= 4 is 39.4 Å². The Labute approximate surface area is 156 Å². The lowest BCUT2D eigenvalue weighted by atomic mass is 10.1. The van der Waals surface area contributed by atoms with Crippen LogP contribution in [0.2, 0.25) is 0 Å². The number of amides is 1. The number of fused-ring (bicyclic) bond motifs is 1. The van der Waals surface area contributed by atoms with Gasteiger partial charge in [-0.3, -0.25) is 19.7 Å². The molecule has 9 nitrogen and oxygen atoms in total. The first-order valence-electron chi connectivity index (χ1n) is 7.86. The van der Waals surface area contributed by atoms with E-state index < -0.39 is 27.7 Å². The molecule has 2 heterocycles. The molecular formula is C17H14N4O5S. The van der Waals surface area contributed by atoms with Gasteiger partial charge in [0.1, 0.15) is 11.3 Å². The number of nitrogens with one attached hydrogen (secondary N) is 1. The number of aromatic nitrogens is 1. The maximum atomic E-state index is 12.6. The Morgan fingerprint density at radius 2 is 2.11 bits per heavy atom. The van der Waals surface area contributed by atoms with Crippen molar-refractivity contribution in [2.75, 3.05) is 0 Å². The van der Waals surface area contributed by atoms with E-state index in [1.807, 2.05) is 0 Å². The molecule has 0 aliphatic heterocycles. The van der Waals surface area contributed by atoms with E-state index in [-0.39, 0.29) is 5.00 Å². The number of carbonyl (C=O) groups excluding carboxylic acids is 1. The average Bonchev–Trinajstić information content (AvgIpc) is 3.11. The minimum Gasteiger partial charge on any atom is -0.506 e. The number of rotatable bonds is 5. The molecule has 2 aromatic heterocycles. The van der Waals surface area contributed by atoms with Crippen LogP contribution >= 0.6 is 11.3 Å². The summed E-state index contributed by atoms with van der Waals surface area (Å²) in [6, 6.07) is 9.53. The molecule has 3 aromatic rings. The van der Waals surface area contributed by atoms with Crippen molar-refractivity contribution in [2.45, 2.75) is 13.5 Å². The highest BCUT2D eigenvalue weighted by atomic mass is 32.1. The second-order valence-electron chi connectivity index (χ2n) is 5.42. The summed E-state index contributed by atoms with van der Waals surface area (Å²) in [5.74, 6) is -1.28. The highest BCUT2D eigenvalue weighted by molar-refractivity contribution is 7.16. The van der Waals surface area contributed by atoms with E-state index in [0.717, 1.165) is 11.3 Å². The number of hydrogen-bond donors (Lipinski definition) is 2. The van der Waals surface area contributed by atoms with Gasteiger partial charge in [-0.2, -0.15) is 5.10 Å². The SMILES string of the molecule is CCn1c(=O)c(C(=O)N/N=C\c2ccc([N+](=O)[O-])s2)c(O)c2ccccc21. The van der Waals surface area contributed by atoms with E-state index in [1.54, 1.807) is 31.2 Å². The molecule has 2 N–H and O–H groups in total. The fourth-order valence-corrected chi connectivity index (χ4v) is 3.32. The zero-order valence-electron chi connectivity index (χ0n) is 14.1. The predicted molar refractivity (Wildman–Crippen MR) is 102 cm³/mol. The van der Waals surface area contributed by atoms with Gasteiger partial charge in [0, 0.05) is 18.0 Å². The molecule has 0 aliphatic carbocycles. The number of benzene rings is 1. The molecule has 138 valence electrons. The fourth-order valence-electron chi connectivity index (χ4n) is 2.63. The minimum absolute atomic E-state index is 0.0548. The van der Waals surface area contributed by atoms with E-state index in [9.17, 15) is 24.8 Å². The van der Waals surface area contributed by atoms with Crippen molar-refractivity contribution < 1.29 is 14.8 Å². The van der Waals surface area contributed by atoms with Gasteiger partial charge < -0.3 is 9.67 Å². The summed E-state index contributed by atoms with van der Waals surface area (Å²) in [5.41, 5.74) is 1.66. The lowest BCUT2D eigenvalue weighted by Gasteiger charge is -2.12. The number of carbonyl (C=O) groups is 1. The predicted octanol–water partition coefficient (Wildman–Crippen LogP) is 2.46. The maximum absolute atomic E-state index is 12.6. The molecule has 0 atom stereocenters. The van der Waals surface area contributed by atoms with Gasteiger partial charge >= 0.3 is 5.00 Å². The van der Waals surface area contributed by atoms with Gasteiger partial charge in [0.2, 0.25) is 0 Å². The quantitative estimate of drug-likeness (QED) is 0.396. The number of hydrogen-bond acceptors (Lipinski definition) is 7. The summed E-state index contributed by atoms with van der Waals surface area (Å²) < 4.78 is 1.39. The van der Waals surface area contributed by atoms with Crippen LogP contribution in [0.3, 0.4) is 0 Å². The van der Waals surface area contributed by atoms with Gasteiger partial charge in [-0.1, -0.05) is 23.5 Å². The first kappa shape index (κ1) is 18.3. The number of hydrazone groups is 1. The first-order chi connectivity index (χ1) is 12.9. The molecule has 0 bridgehead atoms. The molecular weight excluding hydrogens is 372 g/mol. The van der Waals surface area contributed by atoms with Crippen LogP contribution in [0.1, 0.15) is 22.2 Å². The largest absolute Gasteiger partial charge is 0.506 e. The van der Waals surface area contributed by atoms with Crippen LogP contribution in [-0.4, -0.2) is 26.7 Å².